The molecule has 2 N–H and O–H groups in total. The van der Waals surface area contributed by atoms with Crippen LogP contribution in [0.5, 0.6) is 0 Å². The number of thiophene rings is 1. The van der Waals surface area contributed by atoms with Gasteiger partial charge in [0.2, 0.25) is 0 Å². The van der Waals surface area contributed by atoms with Gasteiger partial charge in [-0.25, -0.2) is 0 Å². The fourth-order valence-corrected chi connectivity index (χ4v) is 4.50. The molecule has 0 saturated heterocycles. The van der Waals surface area contributed by atoms with Crippen molar-refractivity contribution in [1.29, 1.82) is 0 Å². The second kappa shape index (κ2) is 4.38. The number of fused-ring (bicyclic) bond motifs is 3. The topological polar surface area (TPSA) is 54.3 Å². The fourth-order valence-electron chi connectivity index (χ4n) is 3.06. The van der Waals surface area contributed by atoms with E-state index in [1.165, 1.54) is 16.9 Å². The number of carbonyl (C=O) groups is 1. The summed E-state index contributed by atoms with van der Waals surface area (Å²) >= 11 is 1.73. The van der Waals surface area contributed by atoms with Crippen LogP contribution in [0.25, 0.3) is 0 Å². The van der Waals surface area contributed by atoms with E-state index >= 15 is 0 Å². The summed E-state index contributed by atoms with van der Waals surface area (Å²) in [5.41, 5.74) is 2.12. The van der Waals surface area contributed by atoms with E-state index in [0.717, 1.165) is 29.2 Å². The molecular formula is C15H16N2O2S. The van der Waals surface area contributed by atoms with Crippen LogP contribution in [0.3, 0.4) is 0 Å². The first-order chi connectivity index (χ1) is 9.72. The van der Waals surface area contributed by atoms with E-state index in [1.807, 2.05) is 12.1 Å². The van der Waals surface area contributed by atoms with Gasteiger partial charge >= 0.3 is 0 Å². The molecule has 1 aliphatic heterocycles. The summed E-state index contributed by atoms with van der Waals surface area (Å²) in [6, 6.07) is 3.71. The largest absolute Gasteiger partial charge is 0.465 e. The van der Waals surface area contributed by atoms with Gasteiger partial charge in [-0.15, -0.1) is 11.3 Å². The molecule has 2 aromatic rings. The van der Waals surface area contributed by atoms with Crippen LogP contribution in [0.1, 0.15) is 46.1 Å². The highest BCUT2D eigenvalue weighted by Gasteiger charge is 2.33. The highest BCUT2D eigenvalue weighted by atomic mass is 32.1. The third-order valence-corrected chi connectivity index (χ3v) is 5.30. The molecule has 0 bridgehead atoms. The fraction of sp³-hybridized carbons (Fsp3) is 0.400. The number of anilines is 1. The minimum absolute atomic E-state index is 0.0206. The first kappa shape index (κ1) is 12.0. The molecule has 2 unspecified atom stereocenters. The van der Waals surface area contributed by atoms with Crippen LogP contribution in [0, 0.1) is 5.92 Å². The molecule has 3 heterocycles. The van der Waals surface area contributed by atoms with E-state index in [9.17, 15) is 4.79 Å². The monoisotopic (exact) mass is 288 g/mol. The molecule has 5 heteroatoms. The van der Waals surface area contributed by atoms with Gasteiger partial charge in [0.25, 0.3) is 5.91 Å². The number of amides is 1. The van der Waals surface area contributed by atoms with Gasteiger partial charge in [0.05, 0.1) is 11.8 Å². The molecule has 1 amide bonds. The lowest BCUT2D eigenvalue weighted by Crippen LogP contribution is -2.38. The zero-order chi connectivity index (χ0) is 13.7. The summed E-state index contributed by atoms with van der Waals surface area (Å²) < 4.78 is 5.38. The van der Waals surface area contributed by atoms with Crippen LogP contribution in [0.4, 0.5) is 5.00 Å². The molecule has 20 heavy (non-hydrogen) atoms. The zero-order valence-electron chi connectivity index (χ0n) is 11.2. The maximum Gasteiger partial charge on any atom is 0.256 e. The van der Waals surface area contributed by atoms with Crippen LogP contribution >= 0.6 is 11.3 Å². The van der Waals surface area contributed by atoms with Gasteiger partial charge in [-0.2, -0.15) is 0 Å². The number of nitrogens with one attached hydrogen (secondary N) is 2. The van der Waals surface area contributed by atoms with E-state index in [0.29, 0.717) is 5.92 Å². The highest BCUT2D eigenvalue weighted by molar-refractivity contribution is 7.16. The van der Waals surface area contributed by atoms with Crippen molar-refractivity contribution in [3.8, 4) is 0 Å². The first-order valence-electron chi connectivity index (χ1n) is 6.97. The number of carbonyl (C=O) groups excluding carboxylic acids is 1. The molecule has 4 rings (SSSR count). The summed E-state index contributed by atoms with van der Waals surface area (Å²) in [4.78, 5) is 13.8. The molecule has 4 nitrogen and oxygen atoms in total. The highest BCUT2D eigenvalue weighted by Crippen LogP contribution is 2.42. The molecule has 2 aliphatic rings. The van der Waals surface area contributed by atoms with E-state index in [4.69, 9.17) is 4.42 Å². The Labute approximate surface area is 121 Å². The molecule has 0 aromatic carbocycles. The maximum absolute atomic E-state index is 12.4. The van der Waals surface area contributed by atoms with Crippen LogP contribution in [-0.2, 0) is 12.8 Å². The molecule has 0 spiro atoms. The Bertz CT molecular complexity index is 660. The molecule has 2 atom stereocenters. The Kier molecular flexibility index (Phi) is 2.63. The molecule has 1 aliphatic carbocycles. The Morgan fingerprint density at radius 3 is 3.10 bits per heavy atom. The Hall–Kier alpha value is -1.75. The average molecular weight is 288 g/mol. The Morgan fingerprint density at radius 2 is 2.30 bits per heavy atom. The lowest BCUT2D eigenvalue weighted by atomic mass is 9.88. The minimum atomic E-state index is -0.262. The van der Waals surface area contributed by atoms with Crippen LogP contribution < -0.4 is 10.6 Å². The summed E-state index contributed by atoms with van der Waals surface area (Å²) in [6.07, 6.45) is 4.64. The quantitative estimate of drug-likeness (QED) is 0.846. The van der Waals surface area contributed by atoms with Crippen molar-refractivity contribution in [1.82, 2.24) is 5.32 Å². The van der Waals surface area contributed by atoms with Crippen molar-refractivity contribution in [3.05, 3.63) is 40.2 Å². The van der Waals surface area contributed by atoms with Crippen molar-refractivity contribution in [2.75, 3.05) is 5.32 Å². The van der Waals surface area contributed by atoms with Gasteiger partial charge in [-0.05, 0) is 42.9 Å². The lowest BCUT2D eigenvalue weighted by molar-refractivity contribution is 0.0930. The van der Waals surface area contributed by atoms with E-state index in [-0.39, 0.29) is 12.1 Å². The normalized spacial score (nSPS) is 24.6. The predicted octanol–water partition coefficient (Wildman–Crippen LogP) is 3.32. The van der Waals surface area contributed by atoms with Crippen molar-refractivity contribution in [2.45, 2.75) is 32.4 Å². The van der Waals surface area contributed by atoms with E-state index in [1.54, 1.807) is 17.6 Å². The number of hydrogen-bond donors (Lipinski definition) is 2. The molecular weight excluding hydrogens is 272 g/mol. The number of furan rings is 1. The third-order valence-electron chi connectivity index (χ3n) is 4.12. The Balaban J connectivity index is 1.73. The summed E-state index contributed by atoms with van der Waals surface area (Å²) in [5.74, 6) is 1.47. The van der Waals surface area contributed by atoms with Crippen molar-refractivity contribution in [3.63, 3.8) is 0 Å². The first-order valence-corrected chi connectivity index (χ1v) is 7.79. The van der Waals surface area contributed by atoms with Crippen molar-refractivity contribution >= 4 is 22.2 Å². The zero-order valence-corrected chi connectivity index (χ0v) is 12.0. The van der Waals surface area contributed by atoms with E-state index in [2.05, 4.69) is 17.6 Å². The Morgan fingerprint density at radius 1 is 1.40 bits per heavy atom. The molecule has 104 valence electrons. The molecule has 0 radical (unpaired) electrons. The van der Waals surface area contributed by atoms with Gasteiger partial charge in [-0.3, -0.25) is 4.79 Å². The van der Waals surface area contributed by atoms with Gasteiger partial charge in [-0.1, -0.05) is 6.92 Å². The molecule has 0 fully saturated rings. The van der Waals surface area contributed by atoms with Gasteiger partial charge < -0.3 is 15.1 Å². The predicted molar refractivity (Wildman–Crippen MR) is 78.0 cm³/mol. The van der Waals surface area contributed by atoms with E-state index < -0.39 is 0 Å². The van der Waals surface area contributed by atoms with Gasteiger partial charge in [0.15, 0.2) is 6.17 Å². The maximum atomic E-state index is 12.4. The molecule has 0 saturated carbocycles. The minimum Gasteiger partial charge on any atom is -0.465 e. The van der Waals surface area contributed by atoms with Gasteiger partial charge in [0.1, 0.15) is 10.8 Å². The van der Waals surface area contributed by atoms with Crippen molar-refractivity contribution < 1.29 is 9.21 Å². The van der Waals surface area contributed by atoms with Crippen molar-refractivity contribution in [2.24, 2.45) is 5.92 Å². The summed E-state index contributed by atoms with van der Waals surface area (Å²) in [7, 11) is 0. The lowest BCUT2D eigenvalue weighted by Gasteiger charge is -2.25. The number of hydrogen-bond acceptors (Lipinski definition) is 4. The van der Waals surface area contributed by atoms with Gasteiger partial charge in [0, 0.05) is 4.88 Å². The standard InChI is InChI=1S/C15H16N2O2S/c1-8-4-5-9-11(7-8)20-15-12(9)14(18)16-13(17-15)10-3-2-6-19-10/h2-3,6,8,13,17H,4-5,7H2,1H3,(H,16,18). The van der Waals surface area contributed by atoms with Crippen LogP contribution in [0.15, 0.2) is 22.8 Å². The summed E-state index contributed by atoms with van der Waals surface area (Å²) in [6.45, 7) is 2.28. The summed E-state index contributed by atoms with van der Waals surface area (Å²) in [5, 5.41) is 7.37. The third kappa shape index (κ3) is 1.77. The molecule has 2 aromatic heterocycles. The van der Waals surface area contributed by atoms with Crippen LogP contribution in [0.2, 0.25) is 0 Å². The second-order valence-electron chi connectivity index (χ2n) is 5.62. The number of rotatable bonds is 1. The smallest absolute Gasteiger partial charge is 0.256 e. The average Bonchev–Trinajstić information content (AvgIpc) is 3.04. The van der Waals surface area contributed by atoms with Crippen LogP contribution in [-0.4, -0.2) is 5.91 Å². The SMILES string of the molecule is CC1CCc2c(sc3c2C(=O)NC(c2ccco2)N3)C1. The second-order valence-corrected chi connectivity index (χ2v) is 6.73.